The first-order valence-electron chi connectivity index (χ1n) is 7.70. The molecule has 2 heterocycles. The lowest BCUT2D eigenvalue weighted by molar-refractivity contribution is 0.569. The average Bonchev–Trinajstić information content (AvgIpc) is 3.16. The largest absolute Gasteiger partial charge is 0.235 e. The molecule has 2 aromatic carbocycles. The molecule has 0 fully saturated rings. The molecule has 4 aromatic rings. The van der Waals surface area contributed by atoms with Crippen LogP contribution in [0.1, 0.15) is 25.2 Å². The Bertz CT molecular complexity index is 1040. The van der Waals surface area contributed by atoms with E-state index in [-0.39, 0.29) is 11.2 Å². The van der Waals surface area contributed by atoms with Gasteiger partial charge in [-0.2, -0.15) is 9.61 Å². The van der Waals surface area contributed by atoms with Crippen LogP contribution in [0, 0.1) is 5.82 Å². The molecule has 0 radical (unpaired) electrons. The summed E-state index contributed by atoms with van der Waals surface area (Å²) in [6, 6.07) is 14.5. The molecule has 0 N–H and O–H groups in total. The van der Waals surface area contributed by atoms with Crippen LogP contribution in [0.15, 0.2) is 53.0 Å². The minimum Gasteiger partial charge on any atom is -0.207 e. The topological polar surface area (TPSA) is 43.1 Å². The molecule has 0 aliphatic heterocycles. The molecule has 0 bridgehead atoms. The summed E-state index contributed by atoms with van der Waals surface area (Å²) in [7, 11) is 0. The maximum atomic E-state index is 13.1. The molecule has 0 saturated carbocycles. The molecule has 0 amide bonds. The number of rotatable bonds is 3. The molecular weight excluding hydrogens is 403 g/mol. The van der Waals surface area contributed by atoms with Crippen molar-refractivity contribution in [1.82, 2.24) is 19.8 Å². The normalized spacial score (nSPS) is 12.0. The number of hydrogen-bond acceptors (Lipinski definition) is 4. The molecule has 0 saturated heterocycles. The van der Waals surface area contributed by atoms with Crippen LogP contribution >= 0.6 is 27.3 Å². The van der Waals surface area contributed by atoms with Crippen LogP contribution in [0.5, 0.6) is 0 Å². The zero-order valence-corrected chi connectivity index (χ0v) is 16.0. The number of fused-ring (bicyclic) bond motifs is 1. The van der Waals surface area contributed by atoms with Crippen molar-refractivity contribution < 1.29 is 4.39 Å². The van der Waals surface area contributed by atoms with Crippen LogP contribution < -0.4 is 0 Å². The highest BCUT2D eigenvalue weighted by Crippen LogP contribution is 2.33. The van der Waals surface area contributed by atoms with Gasteiger partial charge in [0.2, 0.25) is 4.96 Å². The molecule has 4 rings (SSSR count). The molecule has 7 heteroatoms. The second-order valence-corrected chi connectivity index (χ2v) is 8.14. The third-order valence-corrected chi connectivity index (χ3v) is 5.68. The van der Waals surface area contributed by atoms with Crippen molar-refractivity contribution in [2.24, 2.45) is 0 Å². The number of benzene rings is 2. The van der Waals surface area contributed by atoms with E-state index < -0.39 is 0 Å². The quantitative estimate of drug-likeness (QED) is 0.467. The molecule has 2 aromatic heterocycles. The van der Waals surface area contributed by atoms with Crippen molar-refractivity contribution in [2.75, 3.05) is 0 Å². The predicted molar refractivity (Wildman–Crippen MR) is 100 cm³/mol. The lowest BCUT2D eigenvalue weighted by Crippen LogP contribution is -2.22. The molecular formula is C18H14BrFN4S. The second kappa shape index (κ2) is 6.00. The number of nitrogens with zero attached hydrogens (tertiary/aromatic N) is 4. The van der Waals surface area contributed by atoms with Crippen molar-refractivity contribution in [1.29, 1.82) is 0 Å². The third kappa shape index (κ3) is 2.87. The highest BCUT2D eigenvalue weighted by atomic mass is 79.9. The SMILES string of the molecule is CC(C)(c1ccc(Br)cc1)c1nnc2sc(-c3ccc(F)cc3)nn12. The summed E-state index contributed by atoms with van der Waals surface area (Å²) < 4.78 is 16.0. The van der Waals surface area contributed by atoms with Crippen LogP contribution in [0.3, 0.4) is 0 Å². The molecule has 0 aliphatic rings. The maximum absolute atomic E-state index is 13.1. The first kappa shape index (κ1) is 16.4. The van der Waals surface area contributed by atoms with Crippen LogP contribution in [-0.2, 0) is 5.41 Å². The molecule has 126 valence electrons. The summed E-state index contributed by atoms with van der Waals surface area (Å²) in [4.78, 5) is 0.722. The van der Waals surface area contributed by atoms with E-state index in [0.29, 0.717) is 0 Å². The van der Waals surface area contributed by atoms with Gasteiger partial charge < -0.3 is 0 Å². The fraction of sp³-hybridized carbons (Fsp3) is 0.167. The summed E-state index contributed by atoms with van der Waals surface area (Å²) >= 11 is 4.90. The van der Waals surface area contributed by atoms with Crippen molar-refractivity contribution in [3.63, 3.8) is 0 Å². The van der Waals surface area contributed by atoms with Gasteiger partial charge in [0.05, 0.1) is 5.41 Å². The van der Waals surface area contributed by atoms with E-state index >= 15 is 0 Å². The summed E-state index contributed by atoms with van der Waals surface area (Å²) in [5.41, 5.74) is 1.64. The Labute approximate surface area is 156 Å². The van der Waals surface area contributed by atoms with E-state index in [1.165, 1.54) is 23.5 Å². The van der Waals surface area contributed by atoms with Gasteiger partial charge >= 0.3 is 0 Å². The van der Waals surface area contributed by atoms with Gasteiger partial charge in [-0.3, -0.25) is 0 Å². The predicted octanol–water partition coefficient (Wildman–Crippen LogP) is 5.08. The van der Waals surface area contributed by atoms with Crippen LogP contribution in [0.4, 0.5) is 4.39 Å². The van der Waals surface area contributed by atoms with Crippen LogP contribution in [-0.4, -0.2) is 19.8 Å². The fourth-order valence-electron chi connectivity index (χ4n) is 2.71. The lowest BCUT2D eigenvalue weighted by atomic mass is 9.84. The lowest BCUT2D eigenvalue weighted by Gasteiger charge is -2.22. The maximum Gasteiger partial charge on any atom is 0.235 e. The first-order valence-corrected chi connectivity index (χ1v) is 9.31. The Morgan fingerprint density at radius 1 is 1.00 bits per heavy atom. The van der Waals surface area contributed by atoms with E-state index in [0.717, 1.165) is 31.4 Å². The number of halogens is 2. The Kier molecular flexibility index (Phi) is 3.92. The van der Waals surface area contributed by atoms with Gasteiger partial charge in [0.25, 0.3) is 0 Å². The average molecular weight is 417 g/mol. The Morgan fingerprint density at radius 3 is 2.36 bits per heavy atom. The van der Waals surface area contributed by atoms with Crippen LogP contribution in [0.2, 0.25) is 0 Å². The highest BCUT2D eigenvalue weighted by molar-refractivity contribution is 9.10. The molecule has 0 unspecified atom stereocenters. The van der Waals surface area contributed by atoms with Gasteiger partial charge in [-0.1, -0.05) is 39.4 Å². The summed E-state index contributed by atoms with van der Waals surface area (Å²) in [6.07, 6.45) is 0. The minimum absolute atomic E-state index is 0.260. The number of hydrogen-bond donors (Lipinski definition) is 0. The zero-order chi connectivity index (χ0) is 17.6. The summed E-state index contributed by atoms with van der Waals surface area (Å²) in [5.74, 6) is 0.512. The van der Waals surface area contributed by atoms with Crippen molar-refractivity contribution in [2.45, 2.75) is 19.3 Å². The first-order chi connectivity index (χ1) is 11.9. The number of aromatic nitrogens is 4. The monoisotopic (exact) mass is 416 g/mol. The minimum atomic E-state index is -0.353. The molecule has 0 atom stereocenters. The van der Waals surface area contributed by atoms with Gasteiger partial charge in [0.15, 0.2) is 5.82 Å². The smallest absolute Gasteiger partial charge is 0.207 e. The summed E-state index contributed by atoms with van der Waals surface area (Å²) in [5, 5.41) is 14.1. The fourth-order valence-corrected chi connectivity index (χ4v) is 3.82. The highest BCUT2D eigenvalue weighted by Gasteiger charge is 2.30. The van der Waals surface area contributed by atoms with Crippen molar-refractivity contribution in [3.05, 3.63) is 70.2 Å². The third-order valence-electron chi connectivity index (χ3n) is 4.21. The standard InChI is InChI=1S/C18H14BrFN4S/c1-18(2,12-5-7-13(19)8-6-12)16-21-22-17-24(16)23-15(25-17)11-3-9-14(20)10-4-11/h3-10H,1-2H3. The van der Waals surface area contributed by atoms with Crippen molar-refractivity contribution >= 4 is 32.2 Å². The molecule has 4 nitrogen and oxygen atoms in total. The van der Waals surface area contributed by atoms with Crippen LogP contribution in [0.25, 0.3) is 15.5 Å². The second-order valence-electron chi connectivity index (χ2n) is 6.26. The Hall–Kier alpha value is -2.12. The van der Waals surface area contributed by atoms with E-state index in [2.05, 4.69) is 57.2 Å². The summed E-state index contributed by atoms with van der Waals surface area (Å²) in [6.45, 7) is 4.20. The van der Waals surface area contributed by atoms with Gasteiger partial charge in [0.1, 0.15) is 10.8 Å². The van der Waals surface area contributed by atoms with Crippen molar-refractivity contribution in [3.8, 4) is 10.6 Å². The van der Waals surface area contributed by atoms with E-state index in [4.69, 9.17) is 0 Å². The zero-order valence-electron chi connectivity index (χ0n) is 13.6. The molecule has 25 heavy (non-hydrogen) atoms. The van der Waals surface area contributed by atoms with E-state index in [1.807, 2.05) is 12.1 Å². The molecule has 0 aliphatic carbocycles. The van der Waals surface area contributed by atoms with Gasteiger partial charge in [-0.25, -0.2) is 4.39 Å². The van der Waals surface area contributed by atoms with E-state index in [9.17, 15) is 4.39 Å². The van der Waals surface area contributed by atoms with E-state index in [1.54, 1.807) is 16.6 Å². The Balaban J connectivity index is 1.80. The van der Waals surface area contributed by atoms with Gasteiger partial charge in [-0.15, -0.1) is 10.2 Å². The molecule has 0 spiro atoms. The van der Waals surface area contributed by atoms with Gasteiger partial charge in [-0.05, 0) is 55.8 Å². The van der Waals surface area contributed by atoms with Gasteiger partial charge in [0, 0.05) is 10.0 Å². The Morgan fingerprint density at radius 2 is 1.68 bits per heavy atom.